The lowest BCUT2D eigenvalue weighted by molar-refractivity contribution is -0.00647. The maximum absolute atomic E-state index is 5.60. The van der Waals surface area contributed by atoms with Gasteiger partial charge in [0.2, 0.25) is 0 Å². The molecule has 27 heavy (non-hydrogen) atoms. The number of nitrogens with two attached hydrogens (primary N) is 1. The Balaban J connectivity index is 2.15. The van der Waals surface area contributed by atoms with Gasteiger partial charge >= 0.3 is 0 Å². The van der Waals surface area contributed by atoms with Crippen LogP contribution in [0.3, 0.4) is 0 Å². The Morgan fingerprint density at radius 3 is 2.67 bits per heavy atom. The molecule has 0 spiro atoms. The van der Waals surface area contributed by atoms with Crippen LogP contribution >= 0.6 is 11.8 Å². The molecule has 1 aliphatic rings. The molecule has 2 nitrogen and oxygen atoms in total. The van der Waals surface area contributed by atoms with E-state index in [0.717, 1.165) is 24.3 Å². The van der Waals surface area contributed by atoms with E-state index in [9.17, 15) is 0 Å². The van der Waals surface area contributed by atoms with Gasteiger partial charge in [-0.3, -0.25) is 0 Å². The topological polar surface area (TPSA) is 35.2 Å². The van der Waals surface area contributed by atoms with Crippen LogP contribution in [0.25, 0.3) is 0 Å². The van der Waals surface area contributed by atoms with E-state index >= 15 is 0 Å². The van der Waals surface area contributed by atoms with Gasteiger partial charge in [-0.15, -0.1) is 0 Å². The van der Waals surface area contributed by atoms with E-state index in [2.05, 4.69) is 62.9 Å². The first-order chi connectivity index (χ1) is 13.1. The SMILES string of the molecule is C=C/C=C\C=C/CSCC1(CON)CC(C)CC(CC)(c2ccccc2)C1. The first-order valence-electron chi connectivity index (χ1n) is 9.99. The van der Waals surface area contributed by atoms with Crippen molar-refractivity contribution in [2.45, 2.75) is 44.9 Å². The van der Waals surface area contributed by atoms with Crippen LogP contribution in [0.5, 0.6) is 0 Å². The van der Waals surface area contributed by atoms with Crippen molar-refractivity contribution in [2.75, 3.05) is 18.1 Å². The van der Waals surface area contributed by atoms with Gasteiger partial charge in [-0.2, -0.15) is 11.8 Å². The van der Waals surface area contributed by atoms with Crippen LogP contribution in [0.4, 0.5) is 0 Å². The third-order valence-corrected chi connectivity index (χ3v) is 7.05. The molecule has 1 aliphatic carbocycles. The van der Waals surface area contributed by atoms with Gasteiger partial charge in [0.05, 0.1) is 6.61 Å². The van der Waals surface area contributed by atoms with Gasteiger partial charge in [-0.25, -0.2) is 5.90 Å². The molecule has 3 heteroatoms. The summed E-state index contributed by atoms with van der Waals surface area (Å²) in [5.74, 6) is 8.36. The maximum atomic E-state index is 5.60. The zero-order valence-electron chi connectivity index (χ0n) is 16.9. The summed E-state index contributed by atoms with van der Waals surface area (Å²) in [5.41, 5.74) is 1.83. The van der Waals surface area contributed by atoms with Crippen molar-refractivity contribution in [3.8, 4) is 0 Å². The summed E-state index contributed by atoms with van der Waals surface area (Å²) in [6.45, 7) is 9.05. The summed E-state index contributed by atoms with van der Waals surface area (Å²) in [6, 6.07) is 11.1. The number of rotatable bonds is 10. The zero-order valence-corrected chi connectivity index (χ0v) is 17.7. The fourth-order valence-electron chi connectivity index (χ4n) is 4.88. The fourth-order valence-corrected chi connectivity index (χ4v) is 5.99. The average Bonchev–Trinajstić information content (AvgIpc) is 2.67. The molecule has 0 saturated heterocycles. The van der Waals surface area contributed by atoms with Crippen LogP contribution in [-0.2, 0) is 10.3 Å². The first kappa shape index (κ1) is 22.0. The first-order valence-corrected chi connectivity index (χ1v) is 11.1. The monoisotopic (exact) mass is 385 g/mol. The second-order valence-electron chi connectivity index (χ2n) is 8.06. The Bertz CT molecular complexity index is 627. The largest absolute Gasteiger partial charge is 0.304 e. The van der Waals surface area contributed by atoms with Crippen molar-refractivity contribution in [1.82, 2.24) is 0 Å². The minimum absolute atomic E-state index is 0.133. The number of allylic oxidation sites excluding steroid dienone is 4. The van der Waals surface area contributed by atoms with Gasteiger partial charge in [0.25, 0.3) is 0 Å². The molecule has 148 valence electrons. The standard InChI is InChI=1S/C24H35NOS/c1-4-6-7-8-12-15-27-20-23(19-26-25)16-21(3)17-24(5-2,18-23)22-13-10-9-11-14-22/h4,6-14,21H,1,5,15-20,25H2,2-3H3/b7-6-,12-8-. The molecule has 0 aromatic heterocycles. The molecular weight excluding hydrogens is 350 g/mol. The number of thioether (sulfide) groups is 1. The summed E-state index contributed by atoms with van der Waals surface area (Å²) in [4.78, 5) is 5.26. The normalized spacial score (nSPS) is 28.8. The fraction of sp³-hybridized carbons (Fsp3) is 0.500. The van der Waals surface area contributed by atoms with Crippen molar-refractivity contribution >= 4 is 11.8 Å². The molecule has 1 saturated carbocycles. The van der Waals surface area contributed by atoms with Gasteiger partial charge in [-0.1, -0.05) is 81.1 Å². The molecule has 3 atom stereocenters. The lowest BCUT2D eigenvalue weighted by Crippen LogP contribution is -2.46. The van der Waals surface area contributed by atoms with Crippen LogP contribution < -0.4 is 5.90 Å². The van der Waals surface area contributed by atoms with Crippen LogP contribution in [0.1, 0.15) is 45.1 Å². The van der Waals surface area contributed by atoms with Crippen LogP contribution in [0.2, 0.25) is 0 Å². The lowest BCUT2D eigenvalue weighted by atomic mass is 9.56. The molecule has 0 aliphatic heterocycles. The number of hydrogen-bond donors (Lipinski definition) is 1. The Labute approximate surface area is 169 Å². The Kier molecular flexibility index (Phi) is 8.88. The molecule has 3 unspecified atom stereocenters. The molecular formula is C24H35NOS. The van der Waals surface area contributed by atoms with Crippen LogP contribution in [0.15, 0.2) is 67.3 Å². The van der Waals surface area contributed by atoms with Crippen molar-refractivity contribution in [1.29, 1.82) is 0 Å². The van der Waals surface area contributed by atoms with Gasteiger partial charge in [0.15, 0.2) is 0 Å². The van der Waals surface area contributed by atoms with Crippen molar-refractivity contribution in [3.63, 3.8) is 0 Å². The minimum Gasteiger partial charge on any atom is -0.304 e. The molecule has 0 amide bonds. The number of hydrogen-bond acceptors (Lipinski definition) is 3. The van der Waals surface area contributed by atoms with Crippen molar-refractivity contribution in [2.24, 2.45) is 17.2 Å². The van der Waals surface area contributed by atoms with E-state index in [0.29, 0.717) is 12.5 Å². The molecule has 0 heterocycles. The summed E-state index contributed by atoms with van der Waals surface area (Å²) < 4.78 is 0. The Morgan fingerprint density at radius 1 is 1.22 bits per heavy atom. The molecule has 0 bridgehead atoms. The van der Waals surface area contributed by atoms with Gasteiger partial charge in [0, 0.05) is 16.9 Å². The maximum Gasteiger partial charge on any atom is 0.0743 e. The predicted octanol–water partition coefficient (Wildman–Crippen LogP) is 6.06. The summed E-state index contributed by atoms with van der Waals surface area (Å²) in [6.07, 6.45) is 14.8. The second-order valence-corrected chi connectivity index (χ2v) is 9.10. The third kappa shape index (κ3) is 6.10. The Hall–Kier alpha value is -1.29. The highest BCUT2D eigenvalue weighted by Crippen LogP contribution is 2.53. The average molecular weight is 386 g/mol. The predicted molar refractivity (Wildman–Crippen MR) is 120 cm³/mol. The van der Waals surface area contributed by atoms with Crippen molar-refractivity contribution in [3.05, 3.63) is 72.9 Å². The molecule has 1 fully saturated rings. The van der Waals surface area contributed by atoms with Crippen molar-refractivity contribution < 1.29 is 4.84 Å². The smallest absolute Gasteiger partial charge is 0.0743 e. The molecule has 1 aromatic carbocycles. The number of benzene rings is 1. The van der Waals surface area contributed by atoms with E-state index in [1.807, 2.05) is 23.9 Å². The summed E-state index contributed by atoms with van der Waals surface area (Å²) >= 11 is 1.98. The Morgan fingerprint density at radius 2 is 2.00 bits per heavy atom. The van der Waals surface area contributed by atoms with Gasteiger partial charge in [-0.05, 0) is 42.6 Å². The zero-order chi connectivity index (χ0) is 19.6. The van der Waals surface area contributed by atoms with Crippen LogP contribution in [0, 0.1) is 11.3 Å². The molecule has 1 aromatic rings. The van der Waals surface area contributed by atoms with E-state index in [4.69, 9.17) is 10.7 Å². The van der Waals surface area contributed by atoms with Gasteiger partial charge in [0.1, 0.15) is 0 Å². The molecule has 2 N–H and O–H groups in total. The molecule has 2 rings (SSSR count). The quantitative estimate of drug-likeness (QED) is 0.302. The highest BCUT2D eigenvalue weighted by molar-refractivity contribution is 7.99. The highest BCUT2D eigenvalue weighted by Gasteiger charge is 2.47. The van der Waals surface area contributed by atoms with E-state index in [1.54, 1.807) is 6.08 Å². The van der Waals surface area contributed by atoms with Crippen LogP contribution in [-0.4, -0.2) is 18.1 Å². The van der Waals surface area contributed by atoms with E-state index < -0.39 is 0 Å². The van der Waals surface area contributed by atoms with E-state index in [-0.39, 0.29) is 10.8 Å². The van der Waals surface area contributed by atoms with E-state index in [1.165, 1.54) is 18.4 Å². The highest BCUT2D eigenvalue weighted by atomic mass is 32.2. The molecule has 0 radical (unpaired) electrons. The third-order valence-electron chi connectivity index (χ3n) is 5.80. The summed E-state index contributed by atoms with van der Waals surface area (Å²) in [5, 5.41) is 0. The summed E-state index contributed by atoms with van der Waals surface area (Å²) in [7, 11) is 0. The second kappa shape index (κ2) is 10.9. The lowest BCUT2D eigenvalue weighted by Gasteiger charge is -2.50. The van der Waals surface area contributed by atoms with Gasteiger partial charge < -0.3 is 4.84 Å². The minimum atomic E-state index is 0.133.